The molecule has 1 atom stereocenters. The first-order valence-corrected chi connectivity index (χ1v) is 9.76. The van der Waals surface area contributed by atoms with Crippen LogP contribution in [-0.4, -0.2) is 16.1 Å². The van der Waals surface area contributed by atoms with Crippen LogP contribution in [-0.2, 0) is 11.2 Å². The molecule has 2 rings (SSSR count). The Morgan fingerprint density at radius 2 is 1.76 bits per heavy atom. The van der Waals surface area contributed by atoms with E-state index in [0.717, 1.165) is 35.7 Å². The molecule has 0 fully saturated rings. The van der Waals surface area contributed by atoms with Crippen molar-refractivity contribution in [2.24, 2.45) is 20.7 Å². The van der Waals surface area contributed by atoms with Gasteiger partial charge in [0.1, 0.15) is 5.25 Å². The molecule has 7 heteroatoms. The Bertz CT molecular complexity index is 621. The van der Waals surface area contributed by atoms with Gasteiger partial charge in [-0.3, -0.25) is 4.79 Å². The molecule has 0 aromatic heterocycles. The second-order valence-corrected chi connectivity index (χ2v) is 7.85. The summed E-state index contributed by atoms with van der Waals surface area (Å²) in [4.78, 5) is 10.9. The second kappa shape index (κ2) is 9.65. The first kappa shape index (κ1) is 19.6. The Morgan fingerprint density at radius 3 is 2.44 bits per heavy atom. The van der Waals surface area contributed by atoms with Gasteiger partial charge in [-0.15, -0.1) is 10.2 Å². The van der Waals surface area contributed by atoms with Gasteiger partial charge in [0.25, 0.3) is 0 Å². The molecule has 6 nitrogen and oxygen atoms in total. The van der Waals surface area contributed by atoms with Gasteiger partial charge in [0.2, 0.25) is 4.99 Å². The number of benzene rings is 1. The standard InChI is InChI=1S/C18H26N4O2S/c1-3-4-5-6-7-8-11-14-12-9-10-13-15(14)16(17(23)24)25-18(2)19-21-22-20-18/h9-10,12-13,16H,3-8,11H2,1-2H3,(H,23,24). The highest BCUT2D eigenvalue weighted by atomic mass is 32.2. The van der Waals surface area contributed by atoms with E-state index in [1.54, 1.807) is 6.92 Å². The predicted molar refractivity (Wildman–Crippen MR) is 99.6 cm³/mol. The average molecular weight is 362 g/mol. The van der Waals surface area contributed by atoms with E-state index in [0.29, 0.717) is 0 Å². The predicted octanol–water partition coefficient (Wildman–Crippen LogP) is 5.96. The molecule has 0 spiro atoms. The van der Waals surface area contributed by atoms with Gasteiger partial charge in [0.15, 0.2) is 0 Å². The molecule has 1 aromatic rings. The first-order chi connectivity index (χ1) is 12.1. The van der Waals surface area contributed by atoms with Gasteiger partial charge in [-0.1, -0.05) is 75.1 Å². The van der Waals surface area contributed by atoms with Crippen molar-refractivity contribution in [3.05, 3.63) is 35.4 Å². The van der Waals surface area contributed by atoms with E-state index in [-0.39, 0.29) is 0 Å². The summed E-state index contributed by atoms with van der Waals surface area (Å²) in [5.74, 6) is -0.890. The Labute approximate surface area is 153 Å². The van der Waals surface area contributed by atoms with Gasteiger partial charge in [0, 0.05) is 0 Å². The number of hydrogen-bond acceptors (Lipinski definition) is 6. The lowest BCUT2D eigenvalue weighted by molar-refractivity contribution is -0.136. The van der Waals surface area contributed by atoms with Crippen LogP contribution in [0.3, 0.4) is 0 Å². The van der Waals surface area contributed by atoms with E-state index in [2.05, 4.69) is 27.6 Å². The molecule has 1 heterocycles. The van der Waals surface area contributed by atoms with Gasteiger partial charge in [-0.25, -0.2) is 0 Å². The lowest BCUT2D eigenvalue weighted by atomic mass is 9.98. The molecular formula is C18H26N4O2S. The number of carboxylic acids is 1. The maximum absolute atomic E-state index is 11.9. The van der Waals surface area contributed by atoms with Crippen molar-refractivity contribution >= 4 is 17.7 Å². The molecule has 1 aliphatic heterocycles. The monoisotopic (exact) mass is 362 g/mol. The Morgan fingerprint density at radius 1 is 1.12 bits per heavy atom. The fraction of sp³-hybridized carbons (Fsp3) is 0.611. The molecule has 1 unspecified atom stereocenters. The Kier molecular flexibility index (Phi) is 7.55. The molecule has 1 aromatic carbocycles. The number of rotatable bonds is 11. The van der Waals surface area contributed by atoms with Gasteiger partial charge in [-0.2, -0.15) is 0 Å². The number of unbranched alkanes of at least 4 members (excludes halogenated alkanes) is 5. The van der Waals surface area contributed by atoms with E-state index in [4.69, 9.17) is 0 Å². The molecule has 0 amide bonds. The highest BCUT2D eigenvalue weighted by Crippen LogP contribution is 2.44. The molecule has 0 saturated carbocycles. The topological polar surface area (TPSA) is 86.7 Å². The van der Waals surface area contributed by atoms with E-state index in [1.807, 2.05) is 24.3 Å². The summed E-state index contributed by atoms with van der Waals surface area (Å²) < 4.78 is 0. The zero-order valence-corrected chi connectivity index (χ0v) is 15.7. The zero-order chi connectivity index (χ0) is 18.1. The lowest BCUT2D eigenvalue weighted by Crippen LogP contribution is -2.19. The Balaban J connectivity index is 2.04. The van der Waals surface area contributed by atoms with Crippen LogP contribution in [0.4, 0.5) is 0 Å². The minimum Gasteiger partial charge on any atom is -0.480 e. The average Bonchev–Trinajstić information content (AvgIpc) is 3.03. The number of nitrogens with zero attached hydrogens (tertiary/aromatic N) is 4. The van der Waals surface area contributed by atoms with Crippen molar-refractivity contribution in [1.29, 1.82) is 0 Å². The number of carbonyl (C=O) groups is 1. The molecule has 0 aliphatic carbocycles. The summed E-state index contributed by atoms with van der Waals surface area (Å²) in [7, 11) is 0. The van der Waals surface area contributed by atoms with Crippen LogP contribution in [0.2, 0.25) is 0 Å². The van der Waals surface area contributed by atoms with Crippen molar-refractivity contribution < 1.29 is 9.90 Å². The van der Waals surface area contributed by atoms with Crippen molar-refractivity contribution in [1.82, 2.24) is 0 Å². The normalized spacial score (nSPS) is 16.2. The third-order valence-corrected chi connectivity index (χ3v) is 5.50. The van der Waals surface area contributed by atoms with E-state index in [9.17, 15) is 9.90 Å². The van der Waals surface area contributed by atoms with Crippen LogP contribution in [0, 0.1) is 0 Å². The van der Waals surface area contributed by atoms with Crippen LogP contribution in [0.15, 0.2) is 44.9 Å². The van der Waals surface area contributed by atoms with Crippen molar-refractivity contribution in [2.75, 3.05) is 0 Å². The molecule has 0 saturated heterocycles. The minimum absolute atomic E-state index is 0.739. The molecule has 0 radical (unpaired) electrons. The quantitative estimate of drug-likeness (QED) is 0.493. The summed E-state index contributed by atoms with van der Waals surface area (Å²) >= 11 is 1.16. The number of carboxylic acid groups (broad SMARTS) is 1. The number of hydrogen-bond donors (Lipinski definition) is 1. The van der Waals surface area contributed by atoms with Gasteiger partial charge in [-0.05, 0) is 41.3 Å². The van der Waals surface area contributed by atoms with Gasteiger partial charge < -0.3 is 5.11 Å². The van der Waals surface area contributed by atoms with Crippen LogP contribution in [0.1, 0.15) is 68.7 Å². The maximum Gasteiger partial charge on any atom is 0.321 e. The summed E-state index contributed by atoms with van der Waals surface area (Å²) in [5.41, 5.74) is 1.92. The second-order valence-electron chi connectivity index (χ2n) is 6.37. The molecule has 25 heavy (non-hydrogen) atoms. The highest BCUT2D eigenvalue weighted by molar-refractivity contribution is 8.01. The molecule has 1 N–H and O–H groups in total. The highest BCUT2D eigenvalue weighted by Gasteiger charge is 2.36. The van der Waals surface area contributed by atoms with E-state index in [1.165, 1.54) is 32.1 Å². The zero-order valence-electron chi connectivity index (χ0n) is 14.9. The molecule has 136 valence electrons. The fourth-order valence-electron chi connectivity index (χ4n) is 2.86. The van der Waals surface area contributed by atoms with E-state index >= 15 is 0 Å². The number of aryl methyl sites for hydroxylation is 1. The lowest BCUT2D eigenvalue weighted by Gasteiger charge is -2.21. The third-order valence-electron chi connectivity index (χ3n) is 4.20. The van der Waals surface area contributed by atoms with Crippen molar-refractivity contribution in [3.8, 4) is 0 Å². The molecule has 1 aliphatic rings. The van der Waals surface area contributed by atoms with Crippen LogP contribution < -0.4 is 0 Å². The summed E-state index contributed by atoms with van der Waals surface area (Å²) in [6, 6.07) is 7.77. The van der Waals surface area contributed by atoms with E-state index < -0.39 is 16.2 Å². The van der Waals surface area contributed by atoms with Crippen molar-refractivity contribution in [2.45, 2.75) is 69.0 Å². The smallest absolute Gasteiger partial charge is 0.321 e. The maximum atomic E-state index is 11.9. The van der Waals surface area contributed by atoms with Crippen LogP contribution in [0.25, 0.3) is 0 Å². The summed E-state index contributed by atoms with van der Waals surface area (Å²) in [5, 5.41) is 23.9. The SMILES string of the molecule is CCCCCCCCc1ccccc1C(SC1(C)N=NN=N1)C(=O)O. The molecule has 0 bridgehead atoms. The Hall–Kier alpha value is -1.76. The third kappa shape index (κ3) is 5.92. The number of aliphatic carboxylic acids is 1. The number of thioether (sulfide) groups is 1. The largest absolute Gasteiger partial charge is 0.480 e. The minimum atomic E-state index is -0.962. The van der Waals surface area contributed by atoms with Crippen LogP contribution >= 0.6 is 11.8 Å². The van der Waals surface area contributed by atoms with Gasteiger partial charge in [0.05, 0.1) is 0 Å². The van der Waals surface area contributed by atoms with Gasteiger partial charge >= 0.3 is 5.97 Å². The van der Waals surface area contributed by atoms with Crippen LogP contribution in [0.5, 0.6) is 0 Å². The summed E-state index contributed by atoms with van der Waals surface area (Å²) in [6.45, 7) is 3.94. The molecular weight excluding hydrogens is 336 g/mol. The first-order valence-electron chi connectivity index (χ1n) is 8.88. The fourth-order valence-corrected chi connectivity index (χ4v) is 3.93. The van der Waals surface area contributed by atoms with Crippen molar-refractivity contribution in [3.63, 3.8) is 0 Å². The summed E-state index contributed by atoms with van der Waals surface area (Å²) in [6.07, 6.45) is 8.20.